The Hall–Kier alpha value is -1.47. The van der Waals surface area contributed by atoms with E-state index in [1.165, 1.54) is 0 Å². The molecule has 0 heterocycles. The topological polar surface area (TPSA) is 53.2 Å². The highest BCUT2D eigenvalue weighted by atomic mass is 16.5. The van der Waals surface area contributed by atoms with Crippen molar-refractivity contribution in [2.45, 2.75) is 0 Å². The van der Waals surface area contributed by atoms with E-state index in [1.54, 1.807) is 24.3 Å². The van der Waals surface area contributed by atoms with E-state index in [9.17, 15) is 0 Å². The molecule has 0 spiro atoms. The fraction of sp³-hybridized carbons (Fsp3) is 0. The Morgan fingerprint density at radius 3 is 2.45 bits per heavy atom. The molecule has 0 unspecified atom stereocenters. The van der Waals surface area contributed by atoms with Crippen LogP contribution in [-0.4, -0.2) is 12.7 Å². The lowest BCUT2D eigenvalue weighted by Crippen LogP contribution is -1.99. The average Bonchev–Trinajstić information content (AvgIpc) is 2.07. The smallest absolute Gasteiger partial charge is 0.504 e. The highest BCUT2D eigenvalue weighted by Gasteiger charge is 1.92. The van der Waals surface area contributed by atoms with E-state index in [1.807, 2.05) is 6.07 Å². The van der Waals surface area contributed by atoms with Crippen LogP contribution >= 0.6 is 0 Å². The Morgan fingerprint density at radius 1 is 1.36 bits per heavy atom. The summed E-state index contributed by atoms with van der Waals surface area (Å²) in [5.41, 5.74) is 0.579. The van der Waals surface area contributed by atoms with Gasteiger partial charge in [0.1, 0.15) is 5.75 Å². The second kappa shape index (κ2) is 3.64. The zero-order valence-corrected chi connectivity index (χ0v) is 5.82. The van der Waals surface area contributed by atoms with Crippen molar-refractivity contribution in [2.24, 2.45) is 0 Å². The Labute approximate surface area is 65.2 Å². The zero-order chi connectivity index (χ0) is 8.10. The van der Waals surface area contributed by atoms with Crippen molar-refractivity contribution in [3.8, 4) is 11.8 Å². The average molecular weight is 147 g/mol. The molecule has 1 aromatic rings. The molecular weight excluding hydrogens is 141 g/mol. The molecule has 54 valence electrons. The maximum Gasteiger partial charge on any atom is 0.504 e. The molecule has 11 heavy (non-hydrogen) atoms. The minimum Gasteiger partial charge on any atom is -0.539 e. The lowest BCUT2D eigenvalue weighted by atomic mass is 10.2. The molecule has 0 fully saturated rings. The molecule has 0 radical (unpaired) electrons. The fourth-order valence-corrected chi connectivity index (χ4v) is 0.700. The van der Waals surface area contributed by atoms with Crippen LogP contribution in [0.15, 0.2) is 24.3 Å². The third-order valence-corrected chi connectivity index (χ3v) is 1.21. The molecule has 0 aromatic heterocycles. The van der Waals surface area contributed by atoms with Gasteiger partial charge in [-0.1, -0.05) is 0 Å². The van der Waals surface area contributed by atoms with Gasteiger partial charge >= 0.3 is 7.69 Å². The lowest BCUT2D eigenvalue weighted by Gasteiger charge is -1.99. The summed E-state index contributed by atoms with van der Waals surface area (Å²) in [5, 5.41) is 16.8. The molecular formula is C7H6BNO2. The van der Waals surface area contributed by atoms with Crippen molar-refractivity contribution in [2.75, 3.05) is 0 Å². The molecule has 0 atom stereocenters. The van der Waals surface area contributed by atoms with Gasteiger partial charge in [-0.3, -0.25) is 0 Å². The standard InChI is InChI=1S/C7H6BNO2/c9-5-6-1-3-7(4-2-6)11-8-10/h1-4,8,10H. The number of nitrogens with zero attached hydrogens (tertiary/aromatic N) is 1. The molecule has 0 saturated carbocycles. The van der Waals surface area contributed by atoms with Gasteiger partial charge in [0.05, 0.1) is 11.6 Å². The first-order valence-corrected chi connectivity index (χ1v) is 3.10. The summed E-state index contributed by atoms with van der Waals surface area (Å²) in [4.78, 5) is 0. The van der Waals surface area contributed by atoms with Crippen LogP contribution in [0.3, 0.4) is 0 Å². The Kier molecular flexibility index (Phi) is 2.53. The van der Waals surface area contributed by atoms with Gasteiger partial charge in [-0.25, -0.2) is 0 Å². The number of hydrogen-bond donors (Lipinski definition) is 1. The molecule has 1 rings (SSSR count). The second-order valence-electron chi connectivity index (χ2n) is 1.91. The van der Waals surface area contributed by atoms with Gasteiger partial charge in [-0.15, -0.1) is 0 Å². The highest BCUT2D eigenvalue weighted by molar-refractivity contribution is 6.17. The van der Waals surface area contributed by atoms with E-state index >= 15 is 0 Å². The Morgan fingerprint density at radius 2 is 2.00 bits per heavy atom. The number of hydrogen-bond acceptors (Lipinski definition) is 3. The SMILES string of the molecule is N#Cc1ccc(OBO)cc1. The highest BCUT2D eigenvalue weighted by Crippen LogP contribution is 2.10. The van der Waals surface area contributed by atoms with E-state index in [-0.39, 0.29) is 7.69 Å². The maximum absolute atomic E-state index is 8.42. The summed E-state index contributed by atoms with van der Waals surface area (Å²) >= 11 is 0. The van der Waals surface area contributed by atoms with Gasteiger partial charge in [-0.2, -0.15) is 5.26 Å². The minimum absolute atomic E-state index is 0.341. The van der Waals surface area contributed by atoms with Crippen LogP contribution in [-0.2, 0) is 0 Å². The first kappa shape index (κ1) is 7.64. The van der Waals surface area contributed by atoms with E-state index in [0.717, 1.165) is 0 Å². The van der Waals surface area contributed by atoms with Crippen molar-refractivity contribution in [3.05, 3.63) is 29.8 Å². The first-order chi connectivity index (χ1) is 5.36. The third kappa shape index (κ3) is 1.99. The van der Waals surface area contributed by atoms with Crippen molar-refractivity contribution >= 4 is 7.69 Å². The normalized spacial score (nSPS) is 8.36. The first-order valence-electron chi connectivity index (χ1n) is 3.10. The molecule has 1 aromatic carbocycles. The van der Waals surface area contributed by atoms with Crippen LogP contribution in [0.2, 0.25) is 0 Å². The molecule has 4 heteroatoms. The largest absolute Gasteiger partial charge is 0.539 e. The summed E-state index contributed by atoms with van der Waals surface area (Å²) in [5.74, 6) is 0.562. The van der Waals surface area contributed by atoms with Crippen LogP contribution in [0.1, 0.15) is 5.56 Å². The summed E-state index contributed by atoms with van der Waals surface area (Å²) in [6.07, 6.45) is 0. The fourth-order valence-electron chi connectivity index (χ4n) is 0.700. The number of benzene rings is 1. The van der Waals surface area contributed by atoms with E-state index in [4.69, 9.17) is 14.9 Å². The third-order valence-electron chi connectivity index (χ3n) is 1.21. The van der Waals surface area contributed by atoms with E-state index in [0.29, 0.717) is 11.3 Å². The van der Waals surface area contributed by atoms with Gasteiger partial charge in [0, 0.05) is 0 Å². The molecule has 0 amide bonds. The molecule has 1 N–H and O–H groups in total. The summed E-state index contributed by atoms with van der Waals surface area (Å²) < 4.78 is 4.75. The zero-order valence-electron chi connectivity index (χ0n) is 5.82. The van der Waals surface area contributed by atoms with Crippen molar-refractivity contribution < 1.29 is 9.68 Å². The van der Waals surface area contributed by atoms with Crippen molar-refractivity contribution in [3.63, 3.8) is 0 Å². The van der Waals surface area contributed by atoms with Gasteiger partial charge in [-0.05, 0) is 24.3 Å². The predicted molar refractivity (Wildman–Crippen MR) is 41.2 cm³/mol. The Bertz CT molecular complexity index is 265. The van der Waals surface area contributed by atoms with Gasteiger partial charge in [0.2, 0.25) is 0 Å². The van der Waals surface area contributed by atoms with Crippen LogP contribution in [0.5, 0.6) is 5.75 Å². The van der Waals surface area contributed by atoms with Gasteiger partial charge in [0.25, 0.3) is 0 Å². The van der Waals surface area contributed by atoms with Crippen LogP contribution in [0, 0.1) is 11.3 Å². The molecule has 0 aliphatic carbocycles. The van der Waals surface area contributed by atoms with Crippen LogP contribution in [0.4, 0.5) is 0 Å². The molecule has 3 nitrogen and oxygen atoms in total. The molecule has 0 aliphatic heterocycles. The number of nitriles is 1. The quantitative estimate of drug-likeness (QED) is 0.607. The van der Waals surface area contributed by atoms with Gasteiger partial charge in [0.15, 0.2) is 0 Å². The maximum atomic E-state index is 8.42. The minimum atomic E-state index is -0.341. The molecule has 0 saturated heterocycles. The predicted octanol–water partition coefficient (Wildman–Crippen LogP) is 0.196. The number of rotatable bonds is 2. The lowest BCUT2D eigenvalue weighted by molar-refractivity contribution is 0.454. The van der Waals surface area contributed by atoms with Gasteiger partial charge < -0.3 is 9.68 Å². The molecule has 0 bridgehead atoms. The van der Waals surface area contributed by atoms with Crippen LogP contribution in [0.25, 0.3) is 0 Å². The van der Waals surface area contributed by atoms with Crippen LogP contribution < -0.4 is 4.65 Å². The van der Waals surface area contributed by atoms with Crippen molar-refractivity contribution in [1.82, 2.24) is 0 Å². The monoisotopic (exact) mass is 147 g/mol. The molecule has 0 aliphatic rings. The van der Waals surface area contributed by atoms with Crippen molar-refractivity contribution in [1.29, 1.82) is 5.26 Å². The Balaban J connectivity index is 2.76. The summed E-state index contributed by atoms with van der Waals surface area (Å²) in [6.45, 7) is 0. The second-order valence-corrected chi connectivity index (χ2v) is 1.91. The van der Waals surface area contributed by atoms with E-state index < -0.39 is 0 Å². The summed E-state index contributed by atoms with van der Waals surface area (Å²) in [6, 6.07) is 8.51. The summed E-state index contributed by atoms with van der Waals surface area (Å²) in [7, 11) is -0.341. The van der Waals surface area contributed by atoms with E-state index in [2.05, 4.69) is 0 Å².